The highest BCUT2D eigenvalue weighted by Crippen LogP contribution is 2.33. The van der Waals surface area contributed by atoms with Gasteiger partial charge in [-0.3, -0.25) is 0 Å². The maximum Gasteiger partial charge on any atom is 0.179 e. The molecule has 2 heterocycles. The van der Waals surface area contributed by atoms with E-state index in [1.807, 2.05) is 18.2 Å². The SMILES string of the molecule is COc1ccc(OC)c(-c2nc3nc(Cl)c(Cl)cc3[nH]2)c1. The first-order chi connectivity index (χ1) is 10.1. The van der Waals surface area contributed by atoms with Crippen molar-refractivity contribution in [3.8, 4) is 22.9 Å². The van der Waals surface area contributed by atoms with Gasteiger partial charge in [-0.05, 0) is 24.3 Å². The van der Waals surface area contributed by atoms with Crippen molar-refractivity contribution in [1.82, 2.24) is 15.0 Å². The molecule has 0 fully saturated rings. The highest BCUT2D eigenvalue weighted by atomic mass is 35.5. The summed E-state index contributed by atoms with van der Waals surface area (Å²) in [4.78, 5) is 11.7. The summed E-state index contributed by atoms with van der Waals surface area (Å²) in [6.07, 6.45) is 0. The van der Waals surface area contributed by atoms with E-state index in [4.69, 9.17) is 32.7 Å². The Labute approximate surface area is 130 Å². The number of nitrogens with zero attached hydrogens (tertiary/aromatic N) is 2. The van der Waals surface area contributed by atoms with E-state index in [9.17, 15) is 0 Å². The van der Waals surface area contributed by atoms with Crippen LogP contribution in [0.2, 0.25) is 10.2 Å². The summed E-state index contributed by atoms with van der Waals surface area (Å²) in [6, 6.07) is 7.15. The number of fused-ring (bicyclic) bond motifs is 1. The van der Waals surface area contributed by atoms with Crippen LogP contribution in [0.4, 0.5) is 0 Å². The normalized spacial score (nSPS) is 10.9. The maximum absolute atomic E-state index is 5.96. The van der Waals surface area contributed by atoms with Crippen LogP contribution in [0.25, 0.3) is 22.6 Å². The summed E-state index contributed by atoms with van der Waals surface area (Å²) in [5, 5.41) is 0.594. The molecule has 0 aliphatic rings. The van der Waals surface area contributed by atoms with Crippen LogP contribution in [0.5, 0.6) is 11.5 Å². The highest BCUT2D eigenvalue weighted by molar-refractivity contribution is 6.41. The molecule has 0 radical (unpaired) electrons. The molecule has 0 amide bonds. The molecule has 0 aliphatic heterocycles. The number of hydrogen-bond acceptors (Lipinski definition) is 4. The summed E-state index contributed by atoms with van der Waals surface area (Å²) < 4.78 is 10.6. The van der Waals surface area contributed by atoms with Gasteiger partial charge in [0.05, 0.1) is 30.3 Å². The molecule has 21 heavy (non-hydrogen) atoms. The number of aromatic nitrogens is 3. The molecule has 2 aromatic heterocycles. The summed E-state index contributed by atoms with van der Waals surface area (Å²) in [5.41, 5.74) is 1.95. The van der Waals surface area contributed by atoms with Crippen LogP contribution in [-0.4, -0.2) is 29.2 Å². The summed E-state index contributed by atoms with van der Waals surface area (Å²) in [5.74, 6) is 1.98. The van der Waals surface area contributed by atoms with Gasteiger partial charge in [-0.2, -0.15) is 0 Å². The molecule has 0 saturated heterocycles. The predicted octanol–water partition coefficient (Wildman–Crippen LogP) is 3.95. The average Bonchev–Trinajstić information content (AvgIpc) is 2.89. The fourth-order valence-corrected chi connectivity index (χ4v) is 2.31. The number of halogens is 2. The number of nitrogens with one attached hydrogen (secondary N) is 1. The van der Waals surface area contributed by atoms with Crippen molar-refractivity contribution in [2.75, 3.05) is 14.2 Å². The smallest absolute Gasteiger partial charge is 0.179 e. The van der Waals surface area contributed by atoms with Crippen LogP contribution in [0.3, 0.4) is 0 Å². The van der Waals surface area contributed by atoms with Crippen molar-refractivity contribution in [2.24, 2.45) is 0 Å². The summed E-state index contributed by atoms with van der Waals surface area (Å²) >= 11 is 11.9. The van der Waals surface area contributed by atoms with Crippen LogP contribution in [0.1, 0.15) is 0 Å². The zero-order valence-electron chi connectivity index (χ0n) is 11.3. The van der Waals surface area contributed by atoms with E-state index in [1.54, 1.807) is 20.3 Å². The van der Waals surface area contributed by atoms with E-state index in [-0.39, 0.29) is 5.15 Å². The molecular formula is C14H11Cl2N3O2. The van der Waals surface area contributed by atoms with Crippen LogP contribution in [-0.2, 0) is 0 Å². The number of benzene rings is 1. The molecule has 5 nitrogen and oxygen atoms in total. The molecule has 0 unspecified atom stereocenters. The molecular weight excluding hydrogens is 313 g/mol. The molecule has 1 aromatic carbocycles. The Kier molecular flexibility index (Phi) is 3.61. The first-order valence-electron chi connectivity index (χ1n) is 6.06. The van der Waals surface area contributed by atoms with Crippen molar-refractivity contribution >= 4 is 34.4 Å². The molecule has 0 saturated carbocycles. The molecule has 7 heteroatoms. The average molecular weight is 324 g/mol. The Balaban J connectivity index is 2.20. The molecule has 3 aromatic rings. The Morgan fingerprint density at radius 2 is 1.86 bits per heavy atom. The maximum atomic E-state index is 5.96. The molecule has 1 N–H and O–H groups in total. The number of pyridine rings is 1. The predicted molar refractivity (Wildman–Crippen MR) is 82.4 cm³/mol. The van der Waals surface area contributed by atoms with Gasteiger partial charge in [0, 0.05) is 0 Å². The van der Waals surface area contributed by atoms with Crippen molar-refractivity contribution in [3.63, 3.8) is 0 Å². The van der Waals surface area contributed by atoms with Crippen LogP contribution >= 0.6 is 23.2 Å². The number of imidazole rings is 1. The van der Waals surface area contributed by atoms with Crippen LogP contribution < -0.4 is 9.47 Å². The fourth-order valence-electron chi connectivity index (χ4n) is 2.02. The van der Waals surface area contributed by atoms with Crippen molar-refractivity contribution in [3.05, 3.63) is 34.4 Å². The number of H-pyrrole nitrogens is 1. The second-order valence-corrected chi connectivity index (χ2v) is 5.05. The number of ether oxygens (including phenoxy) is 2. The lowest BCUT2D eigenvalue weighted by Crippen LogP contribution is -1.91. The Hall–Kier alpha value is -1.98. The van der Waals surface area contributed by atoms with Crippen molar-refractivity contribution in [1.29, 1.82) is 0 Å². The zero-order valence-corrected chi connectivity index (χ0v) is 12.8. The highest BCUT2D eigenvalue weighted by Gasteiger charge is 2.14. The van der Waals surface area contributed by atoms with Gasteiger partial charge in [0.25, 0.3) is 0 Å². The number of rotatable bonds is 3. The monoisotopic (exact) mass is 323 g/mol. The first kappa shape index (κ1) is 14.0. The van der Waals surface area contributed by atoms with Gasteiger partial charge in [-0.1, -0.05) is 23.2 Å². The lowest BCUT2D eigenvalue weighted by molar-refractivity contribution is 0.404. The Morgan fingerprint density at radius 3 is 2.57 bits per heavy atom. The number of aromatic amines is 1. The minimum atomic E-state index is 0.222. The second-order valence-electron chi connectivity index (χ2n) is 4.28. The lowest BCUT2D eigenvalue weighted by atomic mass is 10.2. The lowest BCUT2D eigenvalue weighted by Gasteiger charge is -2.08. The van der Waals surface area contributed by atoms with Gasteiger partial charge in [-0.15, -0.1) is 0 Å². The van der Waals surface area contributed by atoms with Gasteiger partial charge in [0.1, 0.15) is 22.5 Å². The minimum Gasteiger partial charge on any atom is -0.497 e. The quantitative estimate of drug-likeness (QED) is 0.741. The van der Waals surface area contributed by atoms with E-state index in [2.05, 4.69) is 15.0 Å². The van der Waals surface area contributed by atoms with Gasteiger partial charge in [0.2, 0.25) is 0 Å². The van der Waals surface area contributed by atoms with E-state index in [0.29, 0.717) is 33.5 Å². The molecule has 0 atom stereocenters. The van der Waals surface area contributed by atoms with Crippen LogP contribution in [0.15, 0.2) is 24.3 Å². The number of methoxy groups -OCH3 is 2. The van der Waals surface area contributed by atoms with E-state index in [0.717, 1.165) is 5.56 Å². The largest absolute Gasteiger partial charge is 0.497 e. The molecule has 0 aliphatic carbocycles. The van der Waals surface area contributed by atoms with Gasteiger partial charge in [-0.25, -0.2) is 9.97 Å². The van der Waals surface area contributed by atoms with Crippen LogP contribution in [0, 0.1) is 0 Å². The van der Waals surface area contributed by atoms with E-state index < -0.39 is 0 Å². The second kappa shape index (κ2) is 5.42. The third-order valence-corrected chi connectivity index (χ3v) is 3.72. The Bertz CT molecular complexity index is 778. The Morgan fingerprint density at radius 1 is 1.05 bits per heavy atom. The third-order valence-electron chi connectivity index (χ3n) is 3.05. The van der Waals surface area contributed by atoms with Gasteiger partial charge in [0.15, 0.2) is 5.65 Å². The fraction of sp³-hybridized carbons (Fsp3) is 0.143. The molecule has 0 bridgehead atoms. The standard InChI is InChI=1S/C14H11Cl2N3O2/c1-20-7-3-4-11(21-2)8(5-7)13-17-10-6-9(15)12(16)18-14(10)19-13/h3-6H,1-2H3,(H,17,18,19). The van der Waals surface area contributed by atoms with Gasteiger partial charge < -0.3 is 14.5 Å². The first-order valence-corrected chi connectivity index (χ1v) is 6.82. The summed E-state index contributed by atoms with van der Waals surface area (Å²) in [6.45, 7) is 0. The minimum absolute atomic E-state index is 0.222. The topological polar surface area (TPSA) is 60.0 Å². The third kappa shape index (κ3) is 2.50. The van der Waals surface area contributed by atoms with E-state index >= 15 is 0 Å². The zero-order chi connectivity index (χ0) is 15.0. The molecule has 108 valence electrons. The summed E-state index contributed by atoms with van der Waals surface area (Å²) in [7, 11) is 3.20. The van der Waals surface area contributed by atoms with E-state index in [1.165, 1.54) is 0 Å². The van der Waals surface area contributed by atoms with Crippen molar-refractivity contribution in [2.45, 2.75) is 0 Å². The number of hydrogen-bond donors (Lipinski definition) is 1. The molecule has 3 rings (SSSR count). The van der Waals surface area contributed by atoms with Gasteiger partial charge >= 0.3 is 0 Å². The molecule has 0 spiro atoms. The van der Waals surface area contributed by atoms with Crippen molar-refractivity contribution < 1.29 is 9.47 Å².